The van der Waals surface area contributed by atoms with Gasteiger partial charge in [0.25, 0.3) is 6.26 Å². The lowest BCUT2D eigenvalue weighted by Crippen LogP contribution is -2.03. The Labute approximate surface area is 59.6 Å². The van der Waals surface area contributed by atoms with Gasteiger partial charge in [0.2, 0.25) is 0 Å². The van der Waals surface area contributed by atoms with Crippen LogP contribution in [0.15, 0.2) is 17.3 Å². The van der Waals surface area contributed by atoms with Crippen molar-refractivity contribution in [1.29, 1.82) is 5.26 Å². The summed E-state index contributed by atoms with van der Waals surface area (Å²) in [5.74, 6) is 0.243. The molecule has 4 heteroatoms. The summed E-state index contributed by atoms with van der Waals surface area (Å²) in [6.07, 6.45) is 1.49. The molecule has 0 saturated heterocycles. The van der Waals surface area contributed by atoms with Gasteiger partial charge in [0.05, 0.1) is 12.4 Å². The first kappa shape index (κ1) is 8.66. The number of nitrogens with zero attached hydrogens (tertiary/aromatic N) is 2. The second-order valence-corrected chi connectivity index (χ2v) is 1.54. The lowest BCUT2D eigenvalue weighted by molar-refractivity contribution is 0.404. The van der Waals surface area contributed by atoms with Crippen molar-refractivity contribution in [2.24, 2.45) is 10.7 Å². The zero-order chi connectivity index (χ0) is 7.98. The topological polar surface area (TPSA) is 71.4 Å². The van der Waals surface area contributed by atoms with Crippen molar-refractivity contribution in [1.82, 2.24) is 0 Å². The molecule has 0 aliphatic heterocycles. The number of nitriles is 1. The SMILES string of the molecule is C=C(OC#N)C(C)=NCN. The van der Waals surface area contributed by atoms with Gasteiger partial charge in [-0.05, 0) is 6.92 Å². The molecule has 0 aromatic carbocycles. The Morgan fingerprint density at radius 2 is 2.50 bits per heavy atom. The van der Waals surface area contributed by atoms with E-state index in [-0.39, 0.29) is 12.4 Å². The van der Waals surface area contributed by atoms with E-state index >= 15 is 0 Å². The average Bonchev–Trinajstić information content (AvgIpc) is 1.89. The highest BCUT2D eigenvalue weighted by Crippen LogP contribution is 1.94. The van der Waals surface area contributed by atoms with Crippen LogP contribution in [0.1, 0.15) is 6.92 Å². The van der Waals surface area contributed by atoms with Crippen LogP contribution in [0.4, 0.5) is 0 Å². The minimum atomic E-state index is 0.180. The van der Waals surface area contributed by atoms with Crippen molar-refractivity contribution in [3.05, 3.63) is 12.3 Å². The largest absolute Gasteiger partial charge is 0.387 e. The van der Waals surface area contributed by atoms with Crippen LogP contribution < -0.4 is 5.73 Å². The summed E-state index contributed by atoms with van der Waals surface area (Å²) in [4.78, 5) is 3.76. The van der Waals surface area contributed by atoms with Gasteiger partial charge < -0.3 is 10.5 Å². The fraction of sp³-hybridized carbons (Fsp3) is 0.333. The third-order valence-corrected chi connectivity index (χ3v) is 0.901. The van der Waals surface area contributed by atoms with Gasteiger partial charge in [0.1, 0.15) is 0 Å². The van der Waals surface area contributed by atoms with Gasteiger partial charge in [-0.25, -0.2) is 0 Å². The second kappa shape index (κ2) is 4.53. The molecule has 0 aromatic rings. The van der Waals surface area contributed by atoms with Crippen LogP contribution in [0.25, 0.3) is 0 Å². The molecule has 0 atom stereocenters. The highest BCUT2D eigenvalue weighted by Gasteiger charge is 1.96. The summed E-state index contributed by atoms with van der Waals surface area (Å²) in [6, 6.07) is 0. The van der Waals surface area contributed by atoms with Gasteiger partial charge in [-0.1, -0.05) is 6.58 Å². The Balaban J connectivity index is 3.97. The van der Waals surface area contributed by atoms with E-state index in [2.05, 4.69) is 16.3 Å². The predicted molar refractivity (Wildman–Crippen MR) is 38.0 cm³/mol. The van der Waals surface area contributed by atoms with Crippen LogP contribution in [-0.4, -0.2) is 12.4 Å². The van der Waals surface area contributed by atoms with E-state index in [4.69, 9.17) is 11.0 Å². The highest BCUT2D eigenvalue weighted by molar-refractivity contribution is 5.95. The van der Waals surface area contributed by atoms with Gasteiger partial charge in [0, 0.05) is 0 Å². The second-order valence-electron chi connectivity index (χ2n) is 1.54. The Morgan fingerprint density at radius 1 is 1.90 bits per heavy atom. The molecule has 4 nitrogen and oxygen atoms in total. The van der Waals surface area contributed by atoms with Crippen molar-refractivity contribution < 1.29 is 4.74 Å². The molecule has 2 N–H and O–H groups in total. The van der Waals surface area contributed by atoms with E-state index in [1.165, 1.54) is 6.26 Å². The van der Waals surface area contributed by atoms with E-state index in [1.807, 2.05) is 0 Å². The Kier molecular flexibility index (Phi) is 3.92. The first-order chi connectivity index (χ1) is 4.72. The summed E-state index contributed by atoms with van der Waals surface area (Å²) in [5, 5.41) is 8.03. The number of allylic oxidation sites excluding steroid dienone is 1. The van der Waals surface area contributed by atoms with E-state index in [9.17, 15) is 0 Å². The van der Waals surface area contributed by atoms with E-state index in [0.717, 1.165) is 0 Å². The van der Waals surface area contributed by atoms with Crippen LogP contribution in [0.5, 0.6) is 0 Å². The van der Waals surface area contributed by atoms with Crippen molar-refractivity contribution in [3.63, 3.8) is 0 Å². The van der Waals surface area contributed by atoms with Crippen LogP contribution >= 0.6 is 0 Å². The Hall–Kier alpha value is -1.34. The van der Waals surface area contributed by atoms with Gasteiger partial charge in [-0.15, -0.1) is 5.26 Å². The first-order valence-corrected chi connectivity index (χ1v) is 2.68. The molecule has 0 bridgehead atoms. The molecule has 10 heavy (non-hydrogen) atoms. The molecule has 0 aromatic heterocycles. The quantitative estimate of drug-likeness (QED) is 0.349. The lowest BCUT2D eigenvalue weighted by atomic mass is 10.4. The first-order valence-electron chi connectivity index (χ1n) is 2.68. The standard InChI is InChI=1S/C6H9N3O/c1-5(9-3-7)6(2)10-4-8/h2-3,7H2,1H3. The van der Waals surface area contributed by atoms with Gasteiger partial charge in [0.15, 0.2) is 5.76 Å². The Morgan fingerprint density at radius 3 is 2.90 bits per heavy atom. The van der Waals surface area contributed by atoms with Crippen molar-refractivity contribution in [2.75, 3.05) is 6.67 Å². The number of hydrogen-bond donors (Lipinski definition) is 1. The molecule has 0 rings (SSSR count). The Bertz CT molecular complexity index is 190. The number of rotatable bonds is 3. The number of aliphatic imine (C=N–C) groups is 1. The zero-order valence-corrected chi connectivity index (χ0v) is 5.79. The number of ether oxygens (including phenoxy) is 1. The van der Waals surface area contributed by atoms with Crippen LogP contribution in [-0.2, 0) is 4.74 Å². The molecule has 0 aliphatic carbocycles. The smallest absolute Gasteiger partial charge is 0.292 e. The molecule has 0 radical (unpaired) electrons. The average molecular weight is 139 g/mol. The molecule has 0 fully saturated rings. The molecular weight excluding hydrogens is 130 g/mol. The van der Waals surface area contributed by atoms with E-state index < -0.39 is 0 Å². The molecule has 0 amide bonds. The maximum Gasteiger partial charge on any atom is 0.292 e. The zero-order valence-electron chi connectivity index (χ0n) is 5.79. The van der Waals surface area contributed by atoms with Crippen LogP contribution in [0, 0.1) is 11.5 Å². The molecule has 0 aliphatic rings. The van der Waals surface area contributed by atoms with Crippen molar-refractivity contribution in [2.45, 2.75) is 6.92 Å². The highest BCUT2D eigenvalue weighted by atomic mass is 16.5. The van der Waals surface area contributed by atoms with Gasteiger partial charge >= 0.3 is 0 Å². The normalized spacial score (nSPS) is 10.3. The monoisotopic (exact) mass is 139 g/mol. The predicted octanol–water partition coefficient (Wildman–Crippen LogP) is 0.375. The molecular formula is C6H9N3O. The maximum absolute atomic E-state index is 8.03. The van der Waals surface area contributed by atoms with Crippen LogP contribution in [0.3, 0.4) is 0 Å². The fourth-order valence-corrected chi connectivity index (χ4v) is 0.354. The molecule has 0 spiro atoms. The summed E-state index contributed by atoms with van der Waals surface area (Å²) >= 11 is 0. The minimum absolute atomic E-state index is 0.180. The molecule has 0 unspecified atom stereocenters. The molecule has 0 heterocycles. The third kappa shape index (κ3) is 2.84. The maximum atomic E-state index is 8.03. The van der Waals surface area contributed by atoms with Crippen molar-refractivity contribution >= 4 is 5.71 Å². The van der Waals surface area contributed by atoms with Gasteiger partial charge in [-0.2, -0.15) is 0 Å². The summed E-state index contributed by atoms with van der Waals surface area (Å²) < 4.78 is 4.38. The number of hydrogen-bond acceptors (Lipinski definition) is 4. The molecule has 54 valence electrons. The lowest BCUT2D eigenvalue weighted by Gasteiger charge is -1.97. The van der Waals surface area contributed by atoms with Crippen molar-refractivity contribution in [3.8, 4) is 6.26 Å². The van der Waals surface area contributed by atoms with Gasteiger partial charge in [-0.3, -0.25) is 4.99 Å². The van der Waals surface area contributed by atoms with Crippen LogP contribution in [0.2, 0.25) is 0 Å². The summed E-state index contributed by atoms with van der Waals surface area (Å²) in [5.41, 5.74) is 5.64. The minimum Gasteiger partial charge on any atom is -0.387 e. The van der Waals surface area contributed by atoms with E-state index in [0.29, 0.717) is 5.71 Å². The van der Waals surface area contributed by atoms with E-state index in [1.54, 1.807) is 6.92 Å². The molecule has 0 saturated carbocycles. The summed E-state index contributed by atoms with van der Waals surface area (Å²) in [6.45, 7) is 5.29. The fourth-order valence-electron chi connectivity index (χ4n) is 0.354. The number of nitrogens with two attached hydrogens (primary N) is 1. The third-order valence-electron chi connectivity index (χ3n) is 0.901. The summed E-state index contributed by atoms with van der Waals surface area (Å²) in [7, 11) is 0.